The maximum atomic E-state index is 12.6. The second-order valence-corrected chi connectivity index (χ2v) is 14.4. The van der Waals surface area contributed by atoms with Crippen LogP contribution in [-0.4, -0.2) is 93.6 Å². The number of aliphatic carboxylic acids is 1. The number of nitrogens with zero attached hydrogens (tertiary/aromatic N) is 1. The van der Waals surface area contributed by atoms with Gasteiger partial charge in [-0.1, -0.05) is 13.8 Å². The smallest absolute Gasteiger partial charge is 0.353 e. The van der Waals surface area contributed by atoms with E-state index in [4.69, 9.17) is 5.14 Å². The highest BCUT2D eigenvalue weighted by molar-refractivity contribution is 8.03. The minimum Gasteiger partial charge on any atom is -0.477 e. The van der Waals surface area contributed by atoms with Gasteiger partial charge in [-0.15, -0.1) is 11.8 Å². The van der Waals surface area contributed by atoms with E-state index < -0.39 is 26.0 Å². The molecule has 6 atom stereocenters. The summed E-state index contributed by atoms with van der Waals surface area (Å²) in [6, 6.07) is -0.337. The number of sulfone groups is 1. The fraction of sp³-hybridized carbons (Fsp3) is 0.750. The van der Waals surface area contributed by atoms with E-state index in [9.17, 15) is 36.3 Å². The van der Waals surface area contributed by atoms with Crippen molar-refractivity contribution in [2.24, 2.45) is 22.9 Å². The van der Waals surface area contributed by atoms with Gasteiger partial charge < -0.3 is 25.4 Å². The van der Waals surface area contributed by atoms with Crippen LogP contribution in [0.5, 0.6) is 0 Å². The lowest BCUT2D eigenvalue weighted by atomic mass is 9.74. The standard InChI is InChI=1S/C17H26N4O6S2.C3H7NO2S.H2/c1-8(3-4-22)12-13-9(2)15(14(17(24)25)21(13)16(12)23)28-11-5-10(19-7-11)6-20-29(18,26)27;5-7(6)2-1-4-3-7;/h4,8-13,19-20H,3,5-7H2,1-2H3,(H,24,25)(H2,18,26,27);4H,1-3H2;1H/t8-,9+,10-,11-,12+,13?;;/m0../s1. The number of thioether (sulfide) groups is 1. The molecule has 206 valence electrons. The second-order valence-electron chi connectivity index (χ2n) is 9.48. The second kappa shape index (κ2) is 11.4. The van der Waals surface area contributed by atoms with Crippen molar-refractivity contribution in [1.82, 2.24) is 20.3 Å². The third-order valence-corrected chi connectivity index (χ3v) is 10.3. The van der Waals surface area contributed by atoms with Gasteiger partial charge in [-0.3, -0.25) is 4.79 Å². The first-order valence-electron chi connectivity index (χ1n) is 11.6. The van der Waals surface area contributed by atoms with E-state index >= 15 is 0 Å². The number of nitrogens with two attached hydrogens (primary N) is 1. The van der Waals surface area contributed by atoms with Crippen molar-refractivity contribution < 1.29 is 37.8 Å². The van der Waals surface area contributed by atoms with Gasteiger partial charge in [0.05, 0.1) is 23.6 Å². The van der Waals surface area contributed by atoms with Crippen molar-refractivity contribution in [2.75, 3.05) is 31.3 Å². The van der Waals surface area contributed by atoms with E-state index in [1.54, 1.807) is 0 Å². The van der Waals surface area contributed by atoms with E-state index in [0.29, 0.717) is 30.2 Å². The number of carboxylic acid groups (broad SMARTS) is 1. The molecule has 4 aliphatic rings. The Balaban J connectivity index is 0.000000520. The Bertz CT molecular complexity index is 1120. The number of rotatable bonds is 9. The molecule has 0 spiro atoms. The largest absolute Gasteiger partial charge is 0.477 e. The van der Waals surface area contributed by atoms with Crippen LogP contribution in [0.15, 0.2) is 10.6 Å². The molecule has 4 aliphatic heterocycles. The lowest BCUT2D eigenvalue weighted by Gasteiger charge is -2.47. The Kier molecular flexibility index (Phi) is 9.22. The van der Waals surface area contributed by atoms with E-state index in [1.165, 1.54) is 16.7 Å². The number of β-lactam (4-membered cyclic amide) rings is 1. The summed E-state index contributed by atoms with van der Waals surface area (Å²) in [6.45, 7) is 5.15. The molecule has 0 bridgehead atoms. The number of carboxylic acids is 1. The van der Waals surface area contributed by atoms with Gasteiger partial charge in [0.15, 0.2) is 9.84 Å². The van der Waals surface area contributed by atoms with E-state index in [2.05, 4.69) is 15.4 Å². The third kappa shape index (κ3) is 6.65. The molecule has 36 heavy (non-hydrogen) atoms. The molecule has 6 N–H and O–H groups in total. The van der Waals surface area contributed by atoms with Crippen molar-refractivity contribution in [3.05, 3.63) is 10.6 Å². The summed E-state index contributed by atoms with van der Waals surface area (Å²) < 4.78 is 45.1. The third-order valence-electron chi connectivity index (χ3n) is 6.79. The zero-order valence-electron chi connectivity index (χ0n) is 20.0. The summed E-state index contributed by atoms with van der Waals surface area (Å²) in [7, 11) is -6.42. The van der Waals surface area contributed by atoms with Gasteiger partial charge in [0.2, 0.25) is 5.91 Å². The predicted molar refractivity (Wildman–Crippen MR) is 135 cm³/mol. The molecule has 0 aromatic heterocycles. The maximum Gasteiger partial charge on any atom is 0.353 e. The number of carbonyl (C=O) groups is 3. The zero-order valence-corrected chi connectivity index (χ0v) is 22.5. The molecule has 0 aromatic rings. The number of hydrogen-bond acceptors (Lipinski definition) is 10. The Hall–Kier alpha value is -1.56. The molecule has 4 rings (SSSR count). The van der Waals surface area contributed by atoms with Gasteiger partial charge in [-0.05, 0) is 12.3 Å². The fourth-order valence-corrected chi connectivity index (χ4v) is 8.02. The van der Waals surface area contributed by atoms with Gasteiger partial charge in [0, 0.05) is 49.6 Å². The van der Waals surface area contributed by atoms with Crippen molar-refractivity contribution in [3.8, 4) is 0 Å². The van der Waals surface area contributed by atoms with Crippen LogP contribution >= 0.6 is 11.8 Å². The number of fused-ring (bicyclic) bond motifs is 1. The lowest BCUT2D eigenvalue weighted by Crippen LogP contribution is -2.62. The molecule has 16 heteroatoms. The van der Waals surface area contributed by atoms with Gasteiger partial charge in [-0.2, -0.15) is 8.42 Å². The minimum absolute atomic E-state index is 0. The predicted octanol–water partition coefficient (Wildman–Crippen LogP) is -1.55. The summed E-state index contributed by atoms with van der Waals surface area (Å²) >= 11 is 1.44. The first-order valence-corrected chi connectivity index (χ1v) is 15.8. The number of nitrogens with one attached hydrogen (secondary N) is 3. The van der Waals surface area contributed by atoms with Crippen LogP contribution in [0.4, 0.5) is 0 Å². The van der Waals surface area contributed by atoms with Crippen molar-refractivity contribution in [3.63, 3.8) is 0 Å². The highest BCUT2D eigenvalue weighted by Gasteiger charge is 2.60. The number of amides is 1. The first kappa shape index (κ1) is 29.0. The van der Waals surface area contributed by atoms with Crippen molar-refractivity contribution in [1.29, 1.82) is 0 Å². The van der Waals surface area contributed by atoms with Crippen LogP contribution in [0.2, 0.25) is 0 Å². The van der Waals surface area contributed by atoms with Gasteiger partial charge in [-0.25, -0.2) is 23.1 Å². The molecular formula is C20H35N5O8S3. The van der Waals surface area contributed by atoms with Crippen LogP contribution in [0, 0.1) is 17.8 Å². The normalized spacial score (nSPS) is 31.9. The topological polar surface area (TPSA) is 205 Å². The molecule has 1 amide bonds. The highest BCUT2D eigenvalue weighted by Crippen LogP contribution is 2.53. The van der Waals surface area contributed by atoms with Gasteiger partial charge in [0.25, 0.3) is 10.2 Å². The molecule has 13 nitrogen and oxygen atoms in total. The average molecular weight is 570 g/mol. The molecule has 3 saturated heterocycles. The Labute approximate surface area is 216 Å². The van der Waals surface area contributed by atoms with Crippen LogP contribution in [0.1, 0.15) is 28.1 Å². The number of carbonyl (C=O) groups excluding carboxylic acids is 2. The molecular weight excluding hydrogens is 534 g/mol. The molecule has 3 fully saturated rings. The summed E-state index contributed by atoms with van der Waals surface area (Å²) in [5.41, 5.74) is 0.0400. The van der Waals surface area contributed by atoms with Crippen LogP contribution in [0.3, 0.4) is 0 Å². The fourth-order valence-electron chi connectivity index (χ4n) is 5.02. The highest BCUT2D eigenvalue weighted by atomic mass is 32.2. The summed E-state index contributed by atoms with van der Waals surface area (Å²) in [5, 5.41) is 20.7. The lowest BCUT2D eigenvalue weighted by molar-refractivity contribution is -0.160. The van der Waals surface area contributed by atoms with Crippen molar-refractivity contribution in [2.45, 2.75) is 44.0 Å². The first-order chi connectivity index (χ1) is 16.8. The number of hydrogen-bond donors (Lipinski definition) is 5. The summed E-state index contributed by atoms with van der Waals surface area (Å²) in [4.78, 5) is 37.5. The van der Waals surface area contributed by atoms with Crippen LogP contribution < -0.4 is 20.5 Å². The SMILES string of the molecule is C[C@H]1C(S[C@@H]2CN[C@H](CNS(N)(=O)=O)C2)=C(C(=O)O)N2C(=O)[C@H]([C@@H](C)CC=O)C12.O=S1(=O)CCNC1.[HH]. The van der Waals surface area contributed by atoms with Gasteiger partial charge >= 0.3 is 5.97 Å². The van der Waals surface area contributed by atoms with E-state index in [0.717, 1.165) is 6.29 Å². The quantitative estimate of drug-likeness (QED) is 0.159. The van der Waals surface area contributed by atoms with Crippen LogP contribution in [-0.2, 0) is 34.4 Å². The Morgan fingerprint density at radius 1 is 1.44 bits per heavy atom. The monoisotopic (exact) mass is 569 g/mol. The molecule has 4 heterocycles. The number of aldehydes is 1. The summed E-state index contributed by atoms with van der Waals surface area (Å²) in [5.74, 6) is -1.50. The summed E-state index contributed by atoms with van der Waals surface area (Å²) in [6.07, 6.45) is 1.70. The van der Waals surface area contributed by atoms with E-state index in [1.807, 2.05) is 13.8 Å². The van der Waals surface area contributed by atoms with Crippen LogP contribution in [0.25, 0.3) is 0 Å². The Morgan fingerprint density at radius 2 is 2.14 bits per heavy atom. The maximum absolute atomic E-state index is 12.6. The zero-order chi connectivity index (χ0) is 26.8. The average Bonchev–Trinajstić information content (AvgIpc) is 3.45. The molecule has 1 unspecified atom stereocenters. The molecule has 0 radical (unpaired) electrons. The molecule has 0 saturated carbocycles. The van der Waals surface area contributed by atoms with Gasteiger partial charge in [0.1, 0.15) is 12.0 Å². The van der Waals surface area contributed by atoms with Crippen molar-refractivity contribution >= 4 is 50.0 Å². The Morgan fingerprint density at radius 3 is 2.64 bits per heavy atom. The minimum atomic E-state index is -3.76. The molecule has 0 aliphatic carbocycles. The molecule has 0 aromatic carbocycles. The van der Waals surface area contributed by atoms with E-state index in [-0.39, 0.29) is 67.0 Å².